The highest BCUT2D eigenvalue weighted by molar-refractivity contribution is 6.04. The molecule has 0 saturated carbocycles. The second kappa shape index (κ2) is 7.39. The molecule has 0 aliphatic heterocycles. The molecule has 121 valence electrons. The van der Waals surface area contributed by atoms with Crippen LogP contribution in [0.25, 0.3) is 11.3 Å². The first-order valence-electron chi connectivity index (χ1n) is 7.59. The van der Waals surface area contributed by atoms with E-state index in [1.807, 2.05) is 12.1 Å². The van der Waals surface area contributed by atoms with Gasteiger partial charge in [0.25, 0.3) is 5.91 Å². The highest BCUT2D eigenvalue weighted by Gasteiger charge is 2.10. The van der Waals surface area contributed by atoms with Crippen LogP contribution in [0.3, 0.4) is 0 Å². The topological polar surface area (TPSA) is 86.0 Å². The number of hydrogen-bond acceptors (Lipinski definition) is 4. The average Bonchev–Trinajstić information content (AvgIpc) is 2.68. The summed E-state index contributed by atoms with van der Waals surface area (Å²) in [6, 6.07) is 20.6. The van der Waals surface area contributed by atoms with Crippen LogP contribution in [0, 0.1) is 17.4 Å². The van der Waals surface area contributed by atoms with E-state index >= 15 is 0 Å². The van der Waals surface area contributed by atoms with Gasteiger partial charge in [0.15, 0.2) is 0 Å². The highest BCUT2D eigenvalue weighted by Crippen LogP contribution is 2.22. The Kier molecular flexibility index (Phi) is 4.84. The lowest BCUT2D eigenvalue weighted by Crippen LogP contribution is -2.11. The summed E-state index contributed by atoms with van der Waals surface area (Å²) in [5, 5.41) is 21.2. The predicted octanol–water partition coefficient (Wildman–Crippen LogP) is 3.17. The van der Waals surface area contributed by atoms with Crippen LogP contribution in [0.2, 0.25) is 0 Å². The standard InChI is InChI=1S/C20H14N3O2/c21-11-17-10-14(13-24)12-22-19(17)15-6-8-16(9-7-15)20(25)23-18-4-2-1-3-5-18/h1-4,6-10,12,24H,13H2,(H,23,25). The number of aromatic nitrogens is 1. The van der Waals surface area contributed by atoms with Gasteiger partial charge in [0.1, 0.15) is 6.07 Å². The molecule has 1 amide bonds. The second-order valence-corrected chi connectivity index (χ2v) is 5.32. The number of anilines is 1. The number of hydrogen-bond donors (Lipinski definition) is 2. The molecule has 0 spiro atoms. The number of rotatable bonds is 4. The van der Waals surface area contributed by atoms with Crippen LogP contribution in [0.1, 0.15) is 21.5 Å². The van der Waals surface area contributed by atoms with E-state index in [4.69, 9.17) is 5.11 Å². The summed E-state index contributed by atoms with van der Waals surface area (Å²) in [7, 11) is 0. The second-order valence-electron chi connectivity index (χ2n) is 5.32. The summed E-state index contributed by atoms with van der Waals surface area (Å²) < 4.78 is 0. The van der Waals surface area contributed by atoms with Crippen LogP contribution in [-0.2, 0) is 6.61 Å². The lowest BCUT2D eigenvalue weighted by atomic mass is 10.0. The van der Waals surface area contributed by atoms with Crippen LogP contribution in [0.15, 0.2) is 60.8 Å². The summed E-state index contributed by atoms with van der Waals surface area (Å²) >= 11 is 0. The Morgan fingerprint density at radius 3 is 2.68 bits per heavy atom. The van der Waals surface area contributed by atoms with Gasteiger partial charge in [-0.2, -0.15) is 5.26 Å². The van der Waals surface area contributed by atoms with Crippen molar-refractivity contribution in [1.82, 2.24) is 4.98 Å². The van der Waals surface area contributed by atoms with Crippen molar-refractivity contribution in [3.05, 3.63) is 83.6 Å². The third kappa shape index (κ3) is 3.71. The molecule has 3 rings (SSSR count). The van der Waals surface area contributed by atoms with Crippen molar-refractivity contribution < 1.29 is 9.90 Å². The van der Waals surface area contributed by atoms with Gasteiger partial charge in [0.05, 0.1) is 17.9 Å². The Hall–Kier alpha value is -3.49. The van der Waals surface area contributed by atoms with E-state index in [0.29, 0.717) is 28.1 Å². The minimum Gasteiger partial charge on any atom is -0.392 e. The number of nitrogens with one attached hydrogen (secondary N) is 1. The van der Waals surface area contributed by atoms with Gasteiger partial charge in [0.2, 0.25) is 0 Å². The highest BCUT2D eigenvalue weighted by atomic mass is 16.3. The molecule has 0 aliphatic carbocycles. The number of aliphatic hydroxyl groups is 1. The third-order valence-electron chi connectivity index (χ3n) is 3.63. The number of para-hydroxylation sites is 1. The SMILES string of the molecule is N#Cc1cc(CO)cnc1-c1ccc(C(=O)Nc2[c]cccc2)cc1. The molecule has 3 aromatic rings. The molecule has 2 N–H and O–H groups in total. The molecule has 2 aromatic carbocycles. The number of aliphatic hydroxyl groups excluding tert-OH is 1. The van der Waals surface area contributed by atoms with Crippen LogP contribution in [-0.4, -0.2) is 16.0 Å². The van der Waals surface area contributed by atoms with E-state index in [1.54, 1.807) is 42.5 Å². The van der Waals surface area contributed by atoms with E-state index in [-0.39, 0.29) is 12.5 Å². The molecule has 1 heterocycles. The number of carbonyl (C=O) groups excluding carboxylic acids is 1. The number of carbonyl (C=O) groups is 1. The fourth-order valence-electron chi connectivity index (χ4n) is 2.35. The van der Waals surface area contributed by atoms with Crippen LogP contribution >= 0.6 is 0 Å². The lowest BCUT2D eigenvalue weighted by Gasteiger charge is -2.07. The molecule has 0 bridgehead atoms. The monoisotopic (exact) mass is 328 g/mol. The number of amides is 1. The van der Waals surface area contributed by atoms with Crippen molar-refractivity contribution in [3.63, 3.8) is 0 Å². The van der Waals surface area contributed by atoms with E-state index in [2.05, 4.69) is 22.4 Å². The molecule has 0 unspecified atom stereocenters. The largest absolute Gasteiger partial charge is 0.392 e. The molecule has 0 saturated heterocycles. The zero-order valence-electron chi connectivity index (χ0n) is 13.2. The molecule has 5 nitrogen and oxygen atoms in total. The maximum atomic E-state index is 12.2. The Morgan fingerprint density at radius 2 is 2.04 bits per heavy atom. The summed E-state index contributed by atoms with van der Waals surface area (Å²) in [4.78, 5) is 16.5. The van der Waals surface area contributed by atoms with Gasteiger partial charge in [-0.15, -0.1) is 0 Å². The van der Waals surface area contributed by atoms with Gasteiger partial charge >= 0.3 is 0 Å². The predicted molar refractivity (Wildman–Crippen MR) is 93.5 cm³/mol. The minimum atomic E-state index is -0.238. The Bertz CT molecular complexity index is 929. The molecular formula is C20H14N3O2. The van der Waals surface area contributed by atoms with Crippen LogP contribution in [0.4, 0.5) is 5.69 Å². The lowest BCUT2D eigenvalue weighted by molar-refractivity contribution is 0.102. The molecule has 0 atom stereocenters. The Balaban J connectivity index is 1.83. The van der Waals surface area contributed by atoms with Crippen molar-refractivity contribution in [2.24, 2.45) is 0 Å². The molecule has 5 heteroatoms. The molecule has 0 aliphatic rings. The summed E-state index contributed by atoms with van der Waals surface area (Å²) in [5.41, 5.74) is 3.29. The van der Waals surface area contributed by atoms with Crippen molar-refractivity contribution in [1.29, 1.82) is 5.26 Å². The smallest absolute Gasteiger partial charge is 0.255 e. The summed E-state index contributed by atoms with van der Waals surface area (Å²) in [6.45, 7) is -0.169. The first-order chi connectivity index (χ1) is 12.2. The maximum Gasteiger partial charge on any atom is 0.255 e. The van der Waals surface area contributed by atoms with Crippen LogP contribution in [0.5, 0.6) is 0 Å². The normalized spacial score (nSPS) is 10.1. The first-order valence-corrected chi connectivity index (χ1v) is 7.59. The fourth-order valence-corrected chi connectivity index (χ4v) is 2.35. The fraction of sp³-hybridized carbons (Fsp3) is 0.0500. The molecule has 1 aromatic heterocycles. The maximum absolute atomic E-state index is 12.2. The Labute approximate surface area is 145 Å². The van der Waals surface area contributed by atoms with Crippen molar-refractivity contribution >= 4 is 11.6 Å². The first kappa shape index (κ1) is 16.4. The number of benzene rings is 2. The number of pyridine rings is 1. The molecule has 1 radical (unpaired) electrons. The van der Waals surface area contributed by atoms with Crippen molar-refractivity contribution in [2.45, 2.75) is 6.61 Å². The van der Waals surface area contributed by atoms with E-state index in [9.17, 15) is 10.1 Å². The zero-order chi connectivity index (χ0) is 17.6. The van der Waals surface area contributed by atoms with Gasteiger partial charge in [-0.05, 0) is 29.8 Å². The van der Waals surface area contributed by atoms with Crippen molar-refractivity contribution in [2.75, 3.05) is 5.32 Å². The van der Waals surface area contributed by atoms with E-state index in [0.717, 1.165) is 5.56 Å². The number of nitriles is 1. The molecule has 25 heavy (non-hydrogen) atoms. The molecule has 0 fully saturated rings. The Morgan fingerprint density at radius 1 is 1.24 bits per heavy atom. The van der Waals surface area contributed by atoms with Gasteiger partial charge in [-0.1, -0.05) is 30.3 Å². The summed E-state index contributed by atoms with van der Waals surface area (Å²) in [5.74, 6) is -0.238. The quantitative estimate of drug-likeness (QED) is 0.770. The number of nitrogens with zero attached hydrogens (tertiary/aromatic N) is 2. The minimum absolute atomic E-state index is 0.169. The third-order valence-corrected chi connectivity index (χ3v) is 3.63. The van der Waals surface area contributed by atoms with Gasteiger partial charge < -0.3 is 10.4 Å². The van der Waals surface area contributed by atoms with Gasteiger partial charge in [-0.25, -0.2) is 0 Å². The zero-order valence-corrected chi connectivity index (χ0v) is 13.2. The van der Waals surface area contributed by atoms with E-state index in [1.165, 1.54) is 6.20 Å². The summed E-state index contributed by atoms with van der Waals surface area (Å²) in [6.07, 6.45) is 1.53. The average molecular weight is 328 g/mol. The van der Waals surface area contributed by atoms with Gasteiger partial charge in [0, 0.05) is 29.1 Å². The van der Waals surface area contributed by atoms with Crippen LogP contribution < -0.4 is 5.32 Å². The molecular weight excluding hydrogens is 314 g/mol. The van der Waals surface area contributed by atoms with Crippen molar-refractivity contribution in [3.8, 4) is 17.3 Å². The van der Waals surface area contributed by atoms with Gasteiger partial charge in [-0.3, -0.25) is 9.78 Å². The van der Waals surface area contributed by atoms with E-state index < -0.39 is 0 Å².